The lowest BCUT2D eigenvalue weighted by molar-refractivity contribution is -0.137. The monoisotopic (exact) mass is 282 g/mol. The van der Waals surface area contributed by atoms with E-state index in [1.807, 2.05) is 0 Å². The Hall–Kier alpha value is -1.82. The van der Waals surface area contributed by atoms with Crippen LogP contribution in [0.25, 0.3) is 11.3 Å². The van der Waals surface area contributed by atoms with E-state index in [1.54, 1.807) is 16.8 Å². The van der Waals surface area contributed by atoms with Crippen molar-refractivity contribution < 1.29 is 18.3 Å². The predicted molar refractivity (Wildman–Crippen MR) is 66.9 cm³/mol. The number of fused-ring (bicyclic) bond motifs is 1. The standard InChI is InChI=1S/C14H13F3N2O/c15-14(16,17)10-4-1-3-9(7-10)11-8-19-12(18-11)5-2-6-13(19)20/h1,3-4,7-8,13,20H,2,5-6H2. The van der Waals surface area contributed by atoms with Gasteiger partial charge in [0.1, 0.15) is 12.1 Å². The van der Waals surface area contributed by atoms with Crippen LogP contribution in [0.5, 0.6) is 0 Å². The highest BCUT2D eigenvalue weighted by atomic mass is 19.4. The molecule has 0 spiro atoms. The highest BCUT2D eigenvalue weighted by molar-refractivity contribution is 5.60. The molecule has 2 aromatic rings. The van der Waals surface area contributed by atoms with Crippen molar-refractivity contribution in [1.29, 1.82) is 0 Å². The van der Waals surface area contributed by atoms with Gasteiger partial charge in [-0.15, -0.1) is 0 Å². The molecule has 1 aromatic carbocycles. The highest BCUT2D eigenvalue weighted by Gasteiger charge is 2.30. The zero-order chi connectivity index (χ0) is 14.3. The molecule has 106 valence electrons. The number of nitrogens with zero attached hydrogens (tertiary/aromatic N) is 2. The van der Waals surface area contributed by atoms with Crippen LogP contribution in [0.2, 0.25) is 0 Å². The summed E-state index contributed by atoms with van der Waals surface area (Å²) < 4.78 is 39.8. The number of hydrogen-bond acceptors (Lipinski definition) is 2. The minimum atomic E-state index is -4.37. The van der Waals surface area contributed by atoms with E-state index in [4.69, 9.17) is 0 Å². The van der Waals surface area contributed by atoms with Crippen LogP contribution in [0.3, 0.4) is 0 Å². The lowest BCUT2D eigenvalue weighted by Gasteiger charge is -2.19. The summed E-state index contributed by atoms with van der Waals surface area (Å²) in [6, 6.07) is 5.08. The minimum absolute atomic E-state index is 0.411. The van der Waals surface area contributed by atoms with Gasteiger partial charge in [-0.1, -0.05) is 12.1 Å². The van der Waals surface area contributed by atoms with Crippen molar-refractivity contribution >= 4 is 0 Å². The minimum Gasteiger partial charge on any atom is -0.373 e. The zero-order valence-corrected chi connectivity index (χ0v) is 10.6. The molecule has 2 heterocycles. The molecule has 1 atom stereocenters. The van der Waals surface area contributed by atoms with Gasteiger partial charge in [-0.25, -0.2) is 4.98 Å². The van der Waals surface area contributed by atoms with Crippen molar-refractivity contribution in [1.82, 2.24) is 9.55 Å². The fourth-order valence-corrected chi connectivity index (χ4v) is 2.45. The maximum absolute atomic E-state index is 12.7. The summed E-state index contributed by atoms with van der Waals surface area (Å²) in [5, 5.41) is 9.85. The molecule has 0 bridgehead atoms. The second-order valence-electron chi connectivity index (χ2n) is 4.90. The van der Waals surface area contributed by atoms with E-state index in [1.165, 1.54) is 6.07 Å². The first-order valence-corrected chi connectivity index (χ1v) is 6.38. The molecule has 0 saturated carbocycles. The third-order valence-electron chi connectivity index (χ3n) is 3.48. The van der Waals surface area contributed by atoms with Crippen LogP contribution in [-0.2, 0) is 12.6 Å². The van der Waals surface area contributed by atoms with Crippen LogP contribution in [-0.4, -0.2) is 14.7 Å². The van der Waals surface area contributed by atoms with Gasteiger partial charge in [0.15, 0.2) is 0 Å². The van der Waals surface area contributed by atoms with Crippen molar-refractivity contribution in [3.63, 3.8) is 0 Å². The van der Waals surface area contributed by atoms with Gasteiger partial charge in [0, 0.05) is 18.2 Å². The maximum atomic E-state index is 12.7. The number of rotatable bonds is 1. The molecule has 1 unspecified atom stereocenters. The third kappa shape index (κ3) is 2.31. The Balaban J connectivity index is 2.02. The molecule has 6 heteroatoms. The molecule has 3 nitrogen and oxygen atoms in total. The first-order valence-electron chi connectivity index (χ1n) is 6.38. The summed E-state index contributed by atoms with van der Waals surface area (Å²) >= 11 is 0. The Morgan fingerprint density at radius 1 is 1.30 bits per heavy atom. The number of aliphatic hydroxyl groups is 1. The smallest absolute Gasteiger partial charge is 0.373 e. The van der Waals surface area contributed by atoms with Gasteiger partial charge < -0.3 is 9.67 Å². The molecular formula is C14H13F3N2O. The molecule has 1 aliphatic heterocycles. The average Bonchev–Trinajstić information content (AvgIpc) is 2.83. The number of aryl methyl sites for hydroxylation is 1. The number of aliphatic hydroxyl groups excluding tert-OH is 1. The van der Waals surface area contributed by atoms with Crippen molar-refractivity contribution in [3.8, 4) is 11.3 Å². The van der Waals surface area contributed by atoms with Gasteiger partial charge in [-0.3, -0.25) is 0 Å². The Bertz CT molecular complexity index is 634. The van der Waals surface area contributed by atoms with Crippen molar-refractivity contribution in [3.05, 3.63) is 41.9 Å². The van der Waals surface area contributed by atoms with E-state index >= 15 is 0 Å². The largest absolute Gasteiger partial charge is 0.416 e. The zero-order valence-electron chi connectivity index (χ0n) is 10.6. The molecule has 0 saturated heterocycles. The number of aromatic nitrogens is 2. The second kappa shape index (κ2) is 4.63. The first kappa shape index (κ1) is 13.2. The number of alkyl halides is 3. The number of benzene rings is 1. The number of imidazole rings is 1. The quantitative estimate of drug-likeness (QED) is 0.870. The number of halogens is 3. The highest BCUT2D eigenvalue weighted by Crippen LogP contribution is 2.33. The van der Waals surface area contributed by atoms with Crippen LogP contribution < -0.4 is 0 Å². The van der Waals surface area contributed by atoms with Crippen LogP contribution in [0.15, 0.2) is 30.5 Å². The molecule has 1 aliphatic rings. The normalized spacial score (nSPS) is 18.9. The molecule has 0 fully saturated rings. The second-order valence-corrected chi connectivity index (χ2v) is 4.90. The molecule has 3 rings (SSSR count). The number of hydrogen-bond donors (Lipinski definition) is 1. The Morgan fingerprint density at radius 2 is 2.10 bits per heavy atom. The molecule has 1 N–H and O–H groups in total. The summed E-state index contributed by atoms with van der Waals surface area (Å²) in [5.74, 6) is 0.719. The molecule has 0 aliphatic carbocycles. The fourth-order valence-electron chi connectivity index (χ4n) is 2.45. The van der Waals surface area contributed by atoms with Gasteiger partial charge in [-0.2, -0.15) is 13.2 Å². The van der Waals surface area contributed by atoms with Crippen LogP contribution in [0.1, 0.15) is 30.5 Å². The van der Waals surface area contributed by atoms with Crippen molar-refractivity contribution in [2.45, 2.75) is 31.7 Å². The Labute approximate surface area is 113 Å². The lowest BCUT2D eigenvalue weighted by Crippen LogP contribution is -2.16. The average molecular weight is 282 g/mol. The summed E-state index contributed by atoms with van der Waals surface area (Å²) in [4.78, 5) is 4.33. The Kier molecular flexibility index (Phi) is 3.05. The van der Waals surface area contributed by atoms with Gasteiger partial charge >= 0.3 is 6.18 Å². The van der Waals surface area contributed by atoms with Gasteiger partial charge in [0.25, 0.3) is 0 Å². The van der Waals surface area contributed by atoms with E-state index in [9.17, 15) is 18.3 Å². The van der Waals surface area contributed by atoms with E-state index in [-0.39, 0.29) is 0 Å². The van der Waals surface area contributed by atoms with Crippen molar-refractivity contribution in [2.24, 2.45) is 0 Å². The molecule has 0 amide bonds. The first-order chi connectivity index (χ1) is 9.45. The molecular weight excluding hydrogens is 269 g/mol. The molecule has 1 aromatic heterocycles. The third-order valence-corrected chi connectivity index (χ3v) is 3.48. The molecule has 0 radical (unpaired) electrons. The topological polar surface area (TPSA) is 38.1 Å². The maximum Gasteiger partial charge on any atom is 0.416 e. The van der Waals surface area contributed by atoms with E-state index in [2.05, 4.69) is 4.98 Å². The van der Waals surface area contributed by atoms with E-state index in [0.717, 1.165) is 30.8 Å². The Morgan fingerprint density at radius 3 is 2.80 bits per heavy atom. The van der Waals surface area contributed by atoms with E-state index < -0.39 is 18.0 Å². The van der Waals surface area contributed by atoms with Crippen molar-refractivity contribution in [2.75, 3.05) is 0 Å². The predicted octanol–water partition coefficient (Wildman–Crippen LogP) is 3.40. The van der Waals surface area contributed by atoms with Crippen LogP contribution in [0, 0.1) is 0 Å². The summed E-state index contributed by atoms with van der Waals surface area (Å²) in [7, 11) is 0. The summed E-state index contributed by atoms with van der Waals surface area (Å²) in [5.41, 5.74) is 0.183. The van der Waals surface area contributed by atoms with Gasteiger partial charge in [0.2, 0.25) is 0 Å². The summed E-state index contributed by atoms with van der Waals surface area (Å²) in [6.45, 7) is 0. The van der Waals surface area contributed by atoms with Crippen LogP contribution in [0.4, 0.5) is 13.2 Å². The van der Waals surface area contributed by atoms with Gasteiger partial charge in [0.05, 0.1) is 11.3 Å². The fraction of sp³-hybridized carbons (Fsp3) is 0.357. The summed E-state index contributed by atoms with van der Waals surface area (Å²) in [6.07, 6.45) is -1.17. The van der Waals surface area contributed by atoms with E-state index in [0.29, 0.717) is 17.7 Å². The van der Waals surface area contributed by atoms with Gasteiger partial charge in [-0.05, 0) is 25.0 Å². The SMILES string of the molecule is OC1CCCc2nc(-c3cccc(C(F)(F)F)c3)cn21. The van der Waals surface area contributed by atoms with Crippen LogP contribution >= 0.6 is 0 Å². The lowest BCUT2D eigenvalue weighted by atomic mass is 10.1. The molecule has 20 heavy (non-hydrogen) atoms.